The zero-order valence-electron chi connectivity index (χ0n) is 8.76. The Morgan fingerprint density at radius 1 is 1.23 bits per heavy atom. The summed E-state index contributed by atoms with van der Waals surface area (Å²) < 4.78 is 9.75. The normalized spacial score (nSPS) is 16.2. The maximum atomic E-state index is 11.1. The van der Waals surface area contributed by atoms with Crippen LogP contribution in [0, 0.1) is 5.41 Å². The van der Waals surface area contributed by atoms with Crippen molar-refractivity contribution >= 4 is 28.7 Å². The van der Waals surface area contributed by atoms with E-state index < -0.39 is 6.16 Å². The summed E-state index contributed by atoms with van der Waals surface area (Å²) in [6.07, 6.45) is -0.737. The maximum absolute atomic E-state index is 11.1. The molecule has 0 saturated heterocycles. The van der Waals surface area contributed by atoms with E-state index >= 15 is 0 Å². The summed E-state index contributed by atoms with van der Waals surface area (Å²) in [5, 5.41) is 0. The number of ether oxygens (including phenoxy) is 2. The van der Waals surface area contributed by atoms with Gasteiger partial charge in [0.25, 0.3) is 0 Å². The molecule has 0 aromatic rings. The Kier molecular flexibility index (Phi) is 5.02. The highest BCUT2D eigenvalue weighted by Crippen LogP contribution is 2.22. The fourth-order valence-corrected chi connectivity index (χ4v) is 0.689. The van der Waals surface area contributed by atoms with Crippen molar-refractivity contribution in [3.63, 3.8) is 0 Å². The first-order valence-corrected chi connectivity index (χ1v) is 5.49. The van der Waals surface area contributed by atoms with E-state index in [-0.39, 0.29) is 15.6 Å². The van der Waals surface area contributed by atoms with Gasteiger partial charge in [0, 0.05) is 0 Å². The Morgan fingerprint density at radius 3 is 2.00 bits per heavy atom. The van der Waals surface area contributed by atoms with Gasteiger partial charge in [0.15, 0.2) is 4.11 Å². The molecular weight excluding hydrogens is 283 g/mol. The van der Waals surface area contributed by atoms with E-state index in [1.165, 1.54) is 0 Å². The van der Waals surface area contributed by atoms with Gasteiger partial charge < -0.3 is 9.47 Å². The van der Waals surface area contributed by atoms with Gasteiger partial charge in [-0.05, 0) is 41.9 Å². The van der Waals surface area contributed by atoms with Crippen LogP contribution in [0.15, 0.2) is 0 Å². The van der Waals surface area contributed by atoms with Crippen molar-refractivity contribution in [3.8, 4) is 0 Å². The van der Waals surface area contributed by atoms with E-state index in [2.05, 4.69) is 0 Å². The van der Waals surface area contributed by atoms with Crippen molar-refractivity contribution in [2.75, 3.05) is 0 Å². The van der Waals surface area contributed by atoms with Crippen LogP contribution >= 0.6 is 22.6 Å². The van der Waals surface area contributed by atoms with Gasteiger partial charge in [-0.1, -0.05) is 20.8 Å². The van der Waals surface area contributed by atoms with Crippen molar-refractivity contribution in [1.82, 2.24) is 0 Å². The zero-order chi connectivity index (χ0) is 10.6. The van der Waals surface area contributed by atoms with Gasteiger partial charge in [-0.3, -0.25) is 0 Å². The quantitative estimate of drug-likeness (QED) is 0.446. The molecule has 13 heavy (non-hydrogen) atoms. The maximum Gasteiger partial charge on any atom is 0.509 e. The molecule has 4 heteroatoms. The van der Waals surface area contributed by atoms with Gasteiger partial charge in [0.05, 0.1) is 0 Å². The molecule has 2 unspecified atom stereocenters. The number of halogens is 1. The molecule has 78 valence electrons. The zero-order valence-corrected chi connectivity index (χ0v) is 10.9. The molecule has 0 bridgehead atoms. The number of hydrogen-bond acceptors (Lipinski definition) is 3. The van der Waals surface area contributed by atoms with E-state index in [1.807, 2.05) is 50.3 Å². The molecule has 0 aliphatic rings. The third-order valence-electron chi connectivity index (χ3n) is 1.75. The first-order chi connectivity index (χ1) is 5.73. The van der Waals surface area contributed by atoms with Crippen LogP contribution in [0.2, 0.25) is 0 Å². The molecular formula is C9H17IO3. The average Bonchev–Trinajstić information content (AvgIpc) is 1.82. The Labute approximate surface area is 93.3 Å². The van der Waals surface area contributed by atoms with E-state index in [4.69, 9.17) is 9.47 Å². The van der Waals surface area contributed by atoms with Crippen LogP contribution in [-0.4, -0.2) is 16.4 Å². The van der Waals surface area contributed by atoms with Crippen LogP contribution < -0.4 is 0 Å². The van der Waals surface area contributed by atoms with E-state index in [0.717, 1.165) is 0 Å². The number of alkyl halides is 1. The van der Waals surface area contributed by atoms with Gasteiger partial charge in [0.1, 0.15) is 6.10 Å². The molecule has 0 amide bonds. The van der Waals surface area contributed by atoms with Gasteiger partial charge in [-0.2, -0.15) is 0 Å². The molecule has 0 aromatic heterocycles. The summed E-state index contributed by atoms with van der Waals surface area (Å²) in [4.78, 5) is 11.1. The molecule has 0 aliphatic carbocycles. The highest BCUT2D eigenvalue weighted by atomic mass is 127. The smallest absolute Gasteiger partial charge is 0.431 e. The van der Waals surface area contributed by atoms with E-state index in [1.54, 1.807) is 6.92 Å². The summed E-state index contributed by atoms with van der Waals surface area (Å²) >= 11 is 2.00. The number of carbonyl (C=O) groups is 1. The molecule has 0 aliphatic heterocycles. The van der Waals surface area contributed by atoms with Crippen LogP contribution in [0.25, 0.3) is 0 Å². The lowest BCUT2D eigenvalue weighted by atomic mass is 9.90. The molecule has 0 fully saturated rings. The fourth-order valence-electron chi connectivity index (χ4n) is 0.481. The molecule has 3 nitrogen and oxygen atoms in total. The summed E-state index contributed by atoms with van der Waals surface area (Å²) in [6, 6.07) is 0. The standard InChI is InChI=1S/C9H17IO3/c1-6(9(3,4)5)12-8(11)13-7(2)10/h6-7H,1-5H3. The summed E-state index contributed by atoms with van der Waals surface area (Å²) in [7, 11) is 0. The average molecular weight is 300 g/mol. The van der Waals surface area contributed by atoms with Crippen molar-refractivity contribution in [2.24, 2.45) is 5.41 Å². The Balaban J connectivity index is 3.93. The Hall–Kier alpha value is 0. The van der Waals surface area contributed by atoms with Gasteiger partial charge in [-0.25, -0.2) is 4.79 Å². The minimum atomic E-state index is -0.593. The van der Waals surface area contributed by atoms with Gasteiger partial charge in [0.2, 0.25) is 0 Å². The SMILES string of the molecule is CC(I)OC(=O)OC(C)C(C)(C)C. The highest BCUT2D eigenvalue weighted by Gasteiger charge is 2.24. The molecule has 0 radical (unpaired) electrons. The lowest BCUT2D eigenvalue weighted by molar-refractivity contribution is -0.00881. The van der Waals surface area contributed by atoms with Crippen molar-refractivity contribution < 1.29 is 14.3 Å². The molecule has 0 heterocycles. The summed E-state index contributed by atoms with van der Waals surface area (Å²) in [5.41, 5.74) is -0.0481. The summed E-state index contributed by atoms with van der Waals surface area (Å²) in [5.74, 6) is 0. The number of carbonyl (C=O) groups excluding carboxylic acids is 1. The first-order valence-electron chi connectivity index (χ1n) is 4.25. The Bertz CT molecular complexity index is 172. The minimum Gasteiger partial charge on any atom is -0.431 e. The molecule has 2 atom stereocenters. The number of rotatable bonds is 2. The molecule has 0 N–H and O–H groups in total. The lowest BCUT2D eigenvalue weighted by Gasteiger charge is -2.26. The predicted molar refractivity (Wildman–Crippen MR) is 60.0 cm³/mol. The molecule has 0 saturated carbocycles. The largest absolute Gasteiger partial charge is 0.509 e. The number of hydrogen-bond donors (Lipinski definition) is 0. The van der Waals surface area contributed by atoms with Crippen LogP contribution in [0.5, 0.6) is 0 Å². The van der Waals surface area contributed by atoms with E-state index in [0.29, 0.717) is 0 Å². The minimum absolute atomic E-state index is 0.0481. The van der Waals surface area contributed by atoms with Crippen LogP contribution in [0.1, 0.15) is 34.6 Å². The van der Waals surface area contributed by atoms with Crippen molar-refractivity contribution in [3.05, 3.63) is 0 Å². The second-order valence-corrected chi connectivity index (χ2v) is 5.79. The van der Waals surface area contributed by atoms with Crippen LogP contribution in [0.3, 0.4) is 0 Å². The van der Waals surface area contributed by atoms with Crippen molar-refractivity contribution in [1.29, 1.82) is 0 Å². The second kappa shape index (κ2) is 5.02. The first kappa shape index (κ1) is 13.0. The third kappa shape index (κ3) is 6.12. The second-order valence-electron chi connectivity index (χ2n) is 4.04. The van der Waals surface area contributed by atoms with Gasteiger partial charge >= 0.3 is 6.16 Å². The van der Waals surface area contributed by atoms with Crippen LogP contribution in [0.4, 0.5) is 4.79 Å². The van der Waals surface area contributed by atoms with Gasteiger partial charge in [-0.15, -0.1) is 0 Å². The Morgan fingerprint density at radius 2 is 1.69 bits per heavy atom. The predicted octanol–water partition coefficient (Wildman–Crippen LogP) is 3.36. The van der Waals surface area contributed by atoms with Crippen LogP contribution in [-0.2, 0) is 9.47 Å². The monoisotopic (exact) mass is 300 g/mol. The molecule has 0 aromatic carbocycles. The summed E-state index contributed by atoms with van der Waals surface area (Å²) in [6.45, 7) is 9.68. The molecule has 0 rings (SSSR count). The fraction of sp³-hybridized carbons (Fsp3) is 0.889. The molecule has 0 spiro atoms. The van der Waals surface area contributed by atoms with Crippen molar-refractivity contribution in [2.45, 2.75) is 44.8 Å². The third-order valence-corrected chi connectivity index (χ3v) is 2.01. The van der Waals surface area contributed by atoms with E-state index in [9.17, 15) is 4.79 Å². The lowest BCUT2D eigenvalue weighted by Crippen LogP contribution is -2.29. The topological polar surface area (TPSA) is 35.5 Å². The highest BCUT2D eigenvalue weighted by molar-refractivity contribution is 14.1.